The Kier molecular flexibility index (Phi) is 11.9. The van der Waals surface area contributed by atoms with Gasteiger partial charge in [0.05, 0.1) is 0 Å². The summed E-state index contributed by atoms with van der Waals surface area (Å²) in [5, 5.41) is 7.11. The number of hydrogen-bond acceptors (Lipinski definition) is 2. The quantitative estimate of drug-likeness (QED) is 0.126. The van der Waals surface area contributed by atoms with E-state index < -0.39 is 0 Å². The molecule has 2 nitrogen and oxygen atoms in total. The van der Waals surface area contributed by atoms with Gasteiger partial charge in [-0.05, 0) is 218 Å². The van der Waals surface area contributed by atoms with E-state index >= 15 is 0 Å². The fourth-order valence-electron chi connectivity index (χ4n) is 14.5. The molecule has 0 saturated carbocycles. The molecule has 0 bridgehead atoms. The summed E-state index contributed by atoms with van der Waals surface area (Å²) in [6.07, 6.45) is 0. The molecule has 0 amide bonds. The molecule has 14 aromatic rings. The smallest absolute Gasteiger partial charge is 0.0468 e. The Morgan fingerprint density at radius 2 is 0.570 bits per heavy atom. The first-order valence-electron chi connectivity index (χ1n) is 30.1. The molecule has 14 aromatic carbocycles. The van der Waals surface area contributed by atoms with Crippen LogP contribution in [0.2, 0.25) is 0 Å². The molecule has 0 heterocycles. The van der Waals surface area contributed by atoms with E-state index in [2.05, 4.69) is 341 Å². The van der Waals surface area contributed by atoms with Crippen LogP contribution >= 0.6 is 0 Å². The Balaban J connectivity index is 0.970. The Hall–Kier alpha value is -10.5. The predicted molar refractivity (Wildman–Crippen MR) is 365 cm³/mol. The summed E-state index contributed by atoms with van der Waals surface area (Å²) in [6.45, 7) is 9.49. The van der Waals surface area contributed by atoms with Crippen molar-refractivity contribution in [3.8, 4) is 66.8 Å². The molecule has 86 heavy (non-hydrogen) atoms. The Bertz CT molecular complexity index is 4960. The summed E-state index contributed by atoms with van der Waals surface area (Å²) < 4.78 is 0. The van der Waals surface area contributed by atoms with Crippen molar-refractivity contribution in [2.45, 2.75) is 38.5 Å². The molecule has 2 aliphatic carbocycles. The topological polar surface area (TPSA) is 6.48 Å². The molecule has 2 heteroatoms. The molecule has 408 valence electrons. The molecular weight excluding hydrogens is 1040 g/mol. The van der Waals surface area contributed by atoms with E-state index in [0.29, 0.717) is 0 Å². The average Bonchev–Trinajstić information content (AvgIpc) is 1.13. The van der Waals surface area contributed by atoms with Crippen LogP contribution in [0.5, 0.6) is 0 Å². The third-order valence-electron chi connectivity index (χ3n) is 18.8. The second-order valence-corrected chi connectivity index (χ2v) is 24.4. The molecule has 0 fully saturated rings. The number of anilines is 6. The minimum Gasteiger partial charge on any atom is -0.310 e. The summed E-state index contributed by atoms with van der Waals surface area (Å²) in [5.74, 6) is 0. The monoisotopic (exact) mass is 1100 g/mol. The van der Waals surface area contributed by atoms with Gasteiger partial charge in [-0.25, -0.2) is 0 Å². The lowest BCUT2D eigenvalue weighted by Gasteiger charge is -2.28. The lowest BCUT2D eigenvalue weighted by molar-refractivity contribution is 0.660. The standard InChI is InChI=1S/C84H62N2/c1-83(2)77-36-18-16-34-69(77)71-44-39-59(51-79(71)83)56-24-20-26-61(48-56)81-74-47-43-68(86(65-32-12-7-13-33-65)66-41-38-55-22-14-15-23-58(55)50-66)54-76(74)82(73-46-42-67(53-75(73)81)85(63-28-8-5-9-29-63)64-30-10-6-11-31-64)62-27-21-25-57(49-62)60-40-45-72-70-35-17-19-37-78(70)84(3,4)80(72)52-60/h5-54H,1-4H3. The first-order valence-corrected chi connectivity index (χ1v) is 30.1. The van der Waals surface area contributed by atoms with Crippen LogP contribution in [0.4, 0.5) is 34.1 Å². The van der Waals surface area contributed by atoms with Crippen LogP contribution in [0.3, 0.4) is 0 Å². The zero-order chi connectivity index (χ0) is 57.7. The maximum atomic E-state index is 2.47. The lowest BCUT2D eigenvalue weighted by Crippen LogP contribution is -2.14. The summed E-state index contributed by atoms with van der Waals surface area (Å²) >= 11 is 0. The molecule has 0 unspecified atom stereocenters. The van der Waals surface area contributed by atoms with Crippen LogP contribution in [0, 0.1) is 0 Å². The third kappa shape index (κ3) is 8.31. The first kappa shape index (κ1) is 51.1. The van der Waals surface area contributed by atoms with E-state index in [-0.39, 0.29) is 10.8 Å². The van der Waals surface area contributed by atoms with Crippen molar-refractivity contribution in [1.82, 2.24) is 0 Å². The van der Waals surface area contributed by atoms with E-state index in [1.54, 1.807) is 0 Å². The van der Waals surface area contributed by atoms with E-state index in [9.17, 15) is 0 Å². The fourth-order valence-corrected chi connectivity index (χ4v) is 14.5. The summed E-state index contributed by atoms with van der Waals surface area (Å²) in [5.41, 5.74) is 26.6. The van der Waals surface area contributed by atoms with Crippen LogP contribution in [0.15, 0.2) is 303 Å². The molecule has 0 spiro atoms. The minimum atomic E-state index is -0.126. The highest BCUT2D eigenvalue weighted by molar-refractivity contribution is 6.23. The molecule has 2 aliphatic rings. The van der Waals surface area contributed by atoms with Gasteiger partial charge >= 0.3 is 0 Å². The number of benzene rings is 14. The highest BCUT2D eigenvalue weighted by atomic mass is 15.1. The van der Waals surface area contributed by atoms with Gasteiger partial charge in [0.1, 0.15) is 0 Å². The van der Waals surface area contributed by atoms with Crippen molar-refractivity contribution >= 4 is 66.4 Å². The van der Waals surface area contributed by atoms with E-state index in [0.717, 1.165) is 45.3 Å². The van der Waals surface area contributed by atoms with Crippen molar-refractivity contribution in [2.75, 3.05) is 9.80 Å². The Morgan fingerprint density at radius 1 is 0.209 bits per heavy atom. The lowest BCUT2D eigenvalue weighted by atomic mass is 9.81. The highest BCUT2D eigenvalue weighted by Gasteiger charge is 2.37. The summed E-state index contributed by atoms with van der Waals surface area (Å²) in [6, 6.07) is 113. The van der Waals surface area contributed by atoms with Crippen molar-refractivity contribution in [3.63, 3.8) is 0 Å². The maximum Gasteiger partial charge on any atom is 0.0468 e. The largest absolute Gasteiger partial charge is 0.310 e. The number of para-hydroxylation sites is 3. The number of nitrogens with zero attached hydrogens (tertiary/aromatic N) is 2. The van der Waals surface area contributed by atoms with Crippen molar-refractivity contribution in [3.05, 3.63) is 326 Å². The van der Waals surface area contributed by atoms with Crippen molar-refractivity contribution in [1.29, 1.82) is 0 Å². The first-order chi connectivity index (χ1) is 42.2. The summed E-state index contributed by atoms with van der Waals surface area (Å²) in [7, 11) is 0. The van der Waals surface area contributed by atoms with Crippen molar-refractivity contribution < 1.29 is 0 Å². The van der Waals surface area contributed by atoms with Crippen LogP contribution in [0.25, 0.3) is 99.1 Å². The third-order valence-corrected chi connectivity index (χ3v) is 18.8. The molecule has 0 radical (unpaired) electrons. The molecule has 0 saturated heterocycles. The summed E-state index contributed by atoms with van der Waals surface area (Å²) in [4.78, 5) is 4.82. The predicted octanol–water partition coefficient (Wildman–Crippen LogP) is 23.4. The van der Waals surface area contributed by atoms with Gasteiger partial charge in [0, 0.05) is 45.0 Å². The second kappa shape index (κ2) is 20.1. The van der Waals surface area contributed by atoms with Gasteiger partial charge in [-0.2, -0.15) is 0 Å². The molecule has 16 rings (SSSR count). The molecule has 0 aromatic heterocycles. The number of fused-ring (bicyclic) bond motifs is 9. The van der Waals surface area contributed by atoms with Crippen LogP contribution in [-0.2, 0) is 10.8 Å². The van der Waals surface area contributed by atoms with Crippen LogP contribution in [-0.4, -0.2) is 0 Å². The Morgan fingerprint density at radius 3 is 1.05 bits per heavy atom. The second-order valence-electron chi connectivity index (χ2n) is 24.4. The number of hydrogen-bond donors (Lipinski definition) is 0. The molecular formula is C84H62N2. The zero-order valence-electron chi connectivity index (χ0n) is 48.8. The Labute approximate surface area is 504 Å². The van der Waals surface area contributed by atoms with Gasteiger partial charge in [0.2, 0.25) is 0 Å². The van der Waals surface area contributed by atoms with E-state index in [1.165, 1.54) is 110 Å². The average molecular weight is 1100 g/mol. The van der Waals surface area contributed by atoms with Gasteiger partial charge < -0.3 is 9.80 Å². The normalized spacial score (nSPS) is 13.3. The molecule has 0 N–H and O–H groups in total. The SMILES string of the molecule is CC1(C)c2ccccc2-c2ccc(-c3cccc(-c4c5ccc(N(c6ccccc6)c6ccc7ccccc7c6)cc5c(-c5cccc(-c6ccc7c(c6)C(C)(C)c6ccccc6-7)c5)c5ccc(N(c6ccccc6)c6ccccc6)cc45)c3)cc21. The fraction of sp³-hybridized carbons (Fsp3) is 0.0714. The van der Waals surface area contributed by atoms with Gasteiger partial charge in [0.25, 0.3) is 0 Å². The number of rotatable bonds is 10. The van der Waals surface area contributed by atoms with Gasteiger partial charge in [-0.1, -0.05) is 234 Å². The van der Waals surface area contributed by atoms with Crippen LogP contribution in [0.1, 0.15) is 49.9 Å². The van der Waals surface area contributed by atoms with Gasteiger partial charge in [0.15, 0.2) is 0 Å². The van der Waals surface area contributed by atoms with E-state index in [4.69, 9.17) is 0 Å². The molecule has 0 atom stereocenters. The highest BCUT2D eigenvalue weighted by Crippen LogP contribution is 2.53. The maximum absolute atomic E-state index is 2.47. The van der Waals surface area contributed by atoms with Crippen LogP contribution < -0.4 is 9.80 Å². The van der Waals surface area contributed by atoms with Crippen molar-refractivity contribution in [2.24, 2.45) is 0 Å². The zero-order valence-corrected chi connectivity index (χ0v) is 48.8. The molecule has 0 aliphatic heterocycles. The van der Waals surface area contributed by atoms with E-state index in [1.807, 2.05) is 0 Å². The van der Waals surface area contributed by atoms with Gasteiger partial charge in [-0.3, -0.25) is 0 Å². The minimum absolute atomic E-state index is 0.125. The van der Waals surface area contributed by atoms with Gasteiger partial charge in [-0.15, -0.1) is 0 Å².